The van der Waals surface area contributed by atoms with E-state index in [4.69, 9.17) is 11.0 Å². The summed E-state index contributed by atoms with van der Waals surface area (Å²) in [6.07, 6.45) is 1.88. The van der Waals surface area contributed by atoms with Crippen LogP contribution in [-0.2, 0) is 6.54 Å². The van der Waals surface area contributed by atoms with Crippen LogP contribution in [0, 0.1) is 17.1 Å². The van der Waals surface area contributed by atoms with Gasteiger partial charge in [0.05, 0.1) is 11.6 Å². The normalized spacial score (nSPS) is 12.1. The van der Waals surface area contributed by atoms with Crippen LogP contribution in [-0.4, -0.2) is 4.57 Å². The average Bonchev–Trinajstić information content (AvgIpc) is 2.77. The van der Waals surface area contributed by atoms with E-state index in [1.807, 2.05) is 29.8 Å². The van der Waals surface area contributed by atoms with E-state index >= 15 is 0 Å². The maximum atomic E-state index is 13.2. The Morgan fingerprint density at radius 3 is 2.89 bits per heavy atom. The van der Waals surface area contributed by atoms with Crippen LogP contribution in [0.4, 0.5) is 4.39 Å². The highest BCUT2D eigenvalue weighted by Crippen LogP contribution is 2.16. The maximum Gasteiger partial charge on any atom is 0.123 e. The lowest BCUT2D eigenvalue weighted by molar-refractivity contribution is 0.620. The quantitative estimate of drug-likeness (QED) is 0.900. The highest BCUT2D eigenvalue weighted by atomic mass is 19.1. The van der Waals surface area contributed by atoms with Gasteiger partial charge < -0.3 is 10.3 Å². The fraction of sp³-hybridized carbons (Fsp3) is 0.214. The molecule has 1 unspecified atom stereocenters. The number of halogens is 1. The van der Waals surface area contributed by atoms with Crippen molar-refractivity contribution in [3.05, 3.63) is 59.2 Å². The molecule has 92 valence electrons. The molecule has 1 heterocycles. The number of nitriles is 1. The van der Waals surface area contributed by atoms with Gasteiger partial charge in [-0.25, -0.2) is 4.39 Å². The first kappa shape index (κ1) is 12.3. The second-order valence-corrected chi connectivity index (χ2v) is 4.26. The van der Waals surface area contributed by atoms with E-state index in [1.165, 1.54) is 18.2 Å². The van der Waals surface area contributed by atoms with Crippen molar-refractivity contribution in [2.24, 2.45) is 5.73 Å². The zero-order valence-electron chi connectivity index (χ0n) is 10.1. The smallest absolute Gasteiger partial charge is 0.123 e. The van der Waals surface area contributed by atoms with Crippen molar-refractivity contribution in [3.63, 3.8) is 0 Å². The molecule has 0 aliphatic heterocycles. The van der Waals surface area contributed by atoms with Crippen molar-refractivity contribution >= 4 is 0 Å². The van der Waals surface area contributed by atoms with Gasteiger partial charge in [0.25, 0.3) is 0 Å². The third-order valence-electron chi connectivity index (χ3n) is 2.86. The molecule has 0 saturated heterocycles. The lowest BCUT2D eigenvalue weighted by atomic mass is 10.1. The second kappa shape index (κ2) is 5.03. The minimum absolute atomic E-state index is 0.0981. The molecule has 18 heavy (non-hydrogen) atoms. The Balaban J connectivity index is 2.37. The summed E-state index contributed by atoms with van der Waals surface area (Å²) in [5.41, 5.74) is 7.96. The van der Waals surface area contributed by atoms with Crippen LogP contribution in [0.2, 0.25) is 0 Å². The SMILES string of the molecule is CC(N)c1cccn1Cc1cc(F)ccc1C#N. The molecule has 3 nitrogen and oxygen atoms in total. The average molecular weight is 243 g/mol. The molecule has 4 heteroatoms. The zero-order valence-corrected chi connectivity index (χ0v) is 10.1. The van der Waals surface area contributed by atoms with Crippen molar-refractivity contribution in [1.82, 2.24) is 4.57 Å². The molecule has 0 spiro atoms. The Morgan fingerprint density at radius 1 is 1.44 bits per heavy atom. The van der Waals surface area contributed by atoms with Crippen LogP contribution in [0.5, 0.6) is 0 Å². The molecule has 0 amide bonds. The first-order valence-electron chi connectivity index (χ1n) is 5.71. The Labute approximate surface area is 105 Å². The minimum Gasteiger partial charge on any atom is -0.346 e. The fourth-order valence-corrected chi connectivity index (χ4v) is 1.97. The standard InChI is InChI=1S/C14H14FN3/c1-10(17)14-3-2-6-18(14)9-12-7-13(15)5-4-11(12)8-16/h2-7,10H,9,17H2,1H3. The van der Waals surface area contributed by atoms with Crippen molar-refractivity contribution in [2.45, 2.75) is 19.5 Å². The van der Waals surface area contributed by atoms with E-state index in [2.05, 4.69) is 6.07 Å². The summed E-state index contributed by atoms with van der Waals surface area (Å²) in [5.74, 6) is -0.335. The number of nitrogens with zero attached hydrogens (tertiary/aromatic N) is 2. The molecular weight excluding hydrogens is 229 g/mol. The molecular formula is C14H14FN3. The Hall–Kier alpha value is -2.12. The summed E-state index contributed by atoms with van der Waals surface area (Å²) in [6.45, 7) is 2.34. The molecule has 0 saturated carbocycles. The predicted octanol–water partition coefficient (Wildman–Crippen LogP) is 2.57. The van der Waals surface area contributed by atoms with E-state index in [-0.39, 0.29) is 11.9 Å². The van der Waals surface area contributed by atoms with Gasteiger partial charge in [-0.05, 0) is 42.8 Å². The number of aromatic nitrogens is 1. The van der Waals surface area contributed by atoms with Gasteiger partial charge in [0.2, 0.25) is 0 Å². The summed E-state index contributed by atoms with van der Waals surface area (Å²) in [7, 11) is 0. The van der Waals surface area contributed by atoms with Crippen LogP contribution >= 0.6 is 0 Å². The van der Waals surface area contributed by atoms with Crippen LogP contribution in [0.15, 0.2) is 36.5 Å². The Bertz CT molecular complexity index is 593. The third-order valence-corrected chi connectivity index (χ3v) is 2.86. The molecule has 0 bridgehead atoms. The van der Waals surface area contributed by atoms with Crippen molar-refractivity contribution < 1.29 is 4.39 Å². The van der Waals surface area contributed by atoms with E-state index in [9.17, 15) is 4.39 Å². The molecule has 0 aliphatic carbocycles. The van der Waals surface area contributed by atoms with Crippen LogP contribution in [0.1, 0.15) is 29.8 Å². The maximum absolute atomic E-state index is 13.2. The molecule has 0 aliphatic rings. The van der Waals surface area contributed by atoms with Gasteiger partial charge in [0.1, 0.15) is 5.82 Å². The lowest BCUT2D eigenvalue weighted by Gasteiger charge is -2.13. The van der Waals surface area contributed by atoms with Gasteiger partial charge >= 0.3 is 0 Å². The number of hydrogen-bond acceptors (Lipinski definition) is 2. The highest BCUT2D eigenvalue weighted by molar-refractivity contribution is 5.38. The monoisotopic (exact) mass is 243 g/mol. The molecule has 1 aromatic carbocycles. The molecule has 2 N–H and O–H groups in total. The minimum atomic E-state index is -0.335. The molecule has 2 aromatic rings. The van der Waals surface area contributed by atoms with E-state index < -0.39 is 0 Å². The Kier molecular flexibility index (Phi) is 3.45. The topological polar surface area (TPSA) is 54.7 Å². The van der Waals surface area contributed by atoms with E-state index in [1.54, 1.807) is 0 Å². The molecule has 2 rings (SSSR count). The van der Waals surface area contributed by atoms with Crippen LogP contribution in [0.25, 0.3) is 0 Å². The number of nitrogens with two attached hydrogens (primary N) is 1. The van der Waals surface area contributed by atoms with E-state index in [0.717, 1.165) is 5.69 Å². The van der Waals surface area contributed by atoms with Gasteiger partial charge in [0.15, 0.2) is 0 Å². The number of benzene rings is 1. The van der Waals surface area contributed by atoms with Crippen LogP contribution < -0.4 is 5.73 Å². The number of hydrogen-bond donors (Lipinski definition) is 1. The first-order valence-corrected chi connectivity index (χ1v) is 5.71. The second-order valence-electron chi connectivity index (χ2n) is 4.26. The summed E-state index contributed by atoms with van der Waals surface area (Å²) < 4.78 is 15.2. The summed E-state index contributed by atoms with van der Waals surface area (Å²) in [5, 5.41) is 9.01. The summed E-state index contributed by atoms with van der Waals surface area (Å²) in [4.78, 5) is 0. The van der Waals surface area contributed by atoms with Crippen LogP contribution in [0.3, 0.4) is 0 Å². The molecule has 0 radical (unpaired) electrons. The fourth-order valence-electron chi connectivity index (χ4n) is 1.97. The number of rotatable bonds is 3. The van der Waals surface area contributed by atoms with Gasteiger partial charge in [-0.3, -0.25) is 0 Å². The Morgan fingerprint density at radius 2 is 2.22 bits per heavy atom. The van der Waals surface area contributed by atoms with E-state index in [0.29, 0.717) is 17.7 Å². The molecule has 1 aromatic heterocycles. The zero-order chi connectivity index (χ0) is 13.1. The predicted molar refractivity (Wildman–Crippen MR) is 67.3 cm³/mol. The molecule has 1 atom stereocenters. The largest absolute Gasteiger partial charge is 0.346 e. The van der Waals surface area contributed by atoms with Gasteiger partial charge in [-0.15, -0.1) is 0 Å². The van der Waals surface area contributed by atoms with Crippen molar-refractivity contribution in [2.75, 3.05) is 0 Å². The van der Waals surface area contributed by atoms with Gasteiger partial charge in [-0.2, -0.15) is 5.26 Å². The summed E-state index contributed by atoms with van der Waals surface area (Å²) >= 11 is 0. The lowest BCUT2D eigenvalue weighted by Crippen LogP contribution is -2.13. The molecule has 0 fully saturated rings. The van der Waals surface area contributed by atoms with Crippen molar-refractivity contribution in [1.29, 1.82) is 5.26 Å². The first-order chi connectivity index (χ1) is 8.61. The van der Waals surface area contributed by atoms with Crippen molar-refractivity contribution in [3.8, 4) is 6.07 Å². The van der Waals surface area contributed by atoms with Gasteiger partial charge in [-0.1, -0.05) is 0 Å². The highest BCUT2D eigenvalue weighted by Gasteiger charge is 2.09. The van der Waals surface area contributed by atoms with Gasteiger partial charge in [0, 0.05) is 24.5 Å². The third kappa shape index (κ3) is 2.41. The summed E-state index contributed by atoms with van der Waals surface area (Å²) in [6, 6.07) is 9.98.